The quantitative estimate of drug-likeness (QED) is 0.850. The van der Waals surface area contributed by atoms with E-state index in [9.17, 15) is 23.1 Å². The van der Waals surface area contributed by atoms with Crippen LogP contribution in [0.3, 0.4) is 0 Å². The summed E-state index contributed by atoms with van der Waals surface area (Å²) >= 11 is 0. The summed E-state index contributed by atoms with van der Waals surface area (Å²) in [5.74, 6) is -1.84. The minimum absolute atomic E-state index is 0.0611. The fourth-order valence-corrected chi connectivity index (χ4v) is 2.63. The van der Waals surface area contributed by atoms with Crippen molar-refractivity contribution in [1.82, 2.24) is 4.90 Å². The predicted molar refractivity (Wildman–Crippen MR) is 74.9 cm³/mol. The second-order valence-electron chi connectivity index (χ2n) is 5.46. The molecule has 1 N–H and O–H groups in total. The van der Waals surface area contributed by atoms with E-state index in [4.69, 9.17) is 4.74 Å². The van der Waals surface area contributed by atoms with E-state index in [2.05, 4.69) is 9.73 Å². The molecule has 0 aromatic carbocycles. The Balaban J connectivity index is 2.09. The van der Waals surface area contributed by atoms with E-state index in [1.165, 1.54) is 6.08 Å². The maximum absolute atomic E-state index is 12.2. The average Bonchev–Trinajstić information content (AvgIpc) is 2.52. The highest BCUT2D eigenvalue weighted by Gasteiger charge is 2.34. The summed E-state index contributed by atoms with van der Waals surface area (Å²) in [6.07, 6.45) is -1.58. The van der Waals surface area contributed by atoms with Crippen LogP contribution in [0.15, 0.2) is 17.0 Å². The Kier molecular flexibility index (Phi) is 5.51. The first-order valence-electron chi connectivity index (χ1n) is 7.29. The van der Waals surface area contributed by atoms with Gasteiger partial charge in [-0.15, -0.1) is 0 Å². The van der Waals surface area contributed by atoms with E-state index in [1.54, 1.807) is 12.0 Å². The number of hydrogen-bond donors (Lipinski definition) is 1. The first-order valence-corrected chi connectivity index (χ1v) is 7.29. The van der Waals surface area contributed by atoms with E-state index >= 15 is 0 Å². The molecule has 0 spiro atoms. The highest BCUT2D eigenvalue weighted by Crippen LogP contribution is 2.25. The number of aliphatic imine (C=N–C) groups is 1. The van der Waals surface area contributed by atoms with Crippen molar-refractivity contribution in [1.29, 1.82) is 0 Å². The zero-order chi connectivity index (χ0) is 17.0. The molecule has 2 rings (SSSR count). The summed E-state index contributed by atoms with van der Waals surface area (Å²) in [5.41, 5.74) is 0. The second kappa shape index (κ2) is 7.20. The summed E-state index contributed by atoms with van der Waals surface area (Å²) in [6.45, 7) is -0.347. The minimum atomic E-state index is -4.46. The number of methoxy groups -OCH3 is 1. The molecule has 2 heterocycles. The Morgan fingerprint density at radius 2 is 2.09 bits per heavy atom. The van der Waals surface area contributed by atoms with Crippen molar-refractivity contribution in [2.75, 3.05) is 26.8 Å². The molecule has 0 aromatic heterocycles. The molecule has 0 amide bonds. The SMILES string of the molecule is COC1CCN(C2=NC(OCC(F)(F)F)=CCC2C(=O)O)CC1. The molecule has 0 radical (unpaired) electrons. The van der Waals surface area contributed by atoms with Crippen molar-refractivity contribution in [3.63, 3.8) is 0 Å². The number of carbonyl (C=O) groups is 1. The molecule has 6 nitrogen and oxygen atoms in total. The Hall–Kier alpha value is -1.77. The first-order chi connectivity index (χ1) is 10.8. The monoisotopic (exact) mass is 336 g/mol. The van der Waals surface area contributed by atoms with Gasteiger partial charge in [0.1, 0.15) is 11.8 Å². The largest absolute Gasteiger partial charge is 0.481 e. The van der Waals surface area contributed by atoms with E-state index < -0.39 is 24.7 Å². The Morgan fingerprint density at radius 1 is 1.43 bits per heavy atom. The van der Waals surface area contributed by atoms with E-state index in [0.717, 1.165) is 0 Å². The second-order valence-corrected chi connectivity index (χ2v) is 5.46. The van der Waals surface area contributed by atoms with Gasteiger partial charge in [0.15, 0.2) is 6.61 Å². The molecule has 0 bridgehead atoms. The number of carboxylic acids is 1. The lowest BCUT2D eigenvalue weighted by atomic mass is 9.98. The molecular formula is C14H19F3N2O4. The highest BCUT2D eigenvalue weighted by molar-refractivity contribution is 6.01. The van der Waals surface area contributed by atoms with Gasteiger partial charge in [-0.1, -0.05) is 0 Å². The zero-order valence-electron chi connectivity index (χ0n) is 12.7. The van der Waals surface area contributed by atoms with Crippen molar-refractivity contribution in [2.45, 2.75) is 31.5 Å². The number of ether oxygens (including phenoxy) is 2. The van der Waals surface area contributed by atoms with Gasteiger partial charge < -0.3 is 19.5 Å². The number of hydrogen-bond acceptors (Lipinski definition) is 5. The molecule has 1 fully saturated rings. The third-order valence-corrected chi connectivity index (χ3v) is 3.85. The molecule has 23 heavy (non-hydrogen) atoms. The summed E-state index contributed by atoms with van der Waals surface area (Å²) in [4.78, 5) is 17.2. The fraction of sp³-hybridized carbons (Fsp3) is 0.714. The number of aliphatic carboxylic acids is 1. The number of likely N-dealkylation sites (tertiary alicyclic amines) is 1. The van der Waals surface area contributed by atoms with Crippen LogP contribution in [0.25, 0.3) is 0 Å². The van der Waals surface area contributed by atoms with Crippen molar-refractivity contribution in [2.24, 2.45) is 10.9 Å². The molecule has 130 valence electrons. The number of halogens is 3. The number of piperidine rings is 1. The summed E-state index contributed by atoms with van der Waals surface area (Å²) in [5, 5.41) is 9.30. The predicted octanol–water partition coefficient (Wildman–Crippen LogP) is 2.02. The van der Waals surface area contributed by atoms with Crippen molar-refractivity contribution in [3.05, 3.63) is 12.0 Å². The van der Waals surface area contributed by atoms with Gasteiger partial charge in [0.2, 0.25) is 5.88 Å². The molecule has 2 aliphatic rings. The van der Waals surface area contributed by atoms with Crippen LogP contribution in [0, 0.1) is 5.92 Å². The number of nitrogens with zero attached hydrogens (tertiary/aromatic N) is 2. The van der Waals surface area contributed by atoms with Crippen molar-refractivity contribution in [3.8, 4) is 0 Å². The van der Waals surface area contributed by atoms with Crippen LogP contribution in [-0.2, 0) is 14.3 Å². The maximum atomic E-state index is 12.2. The average molecular weight is 336 g/mol. The van der Waals surface area contributed by atoms with Crippen LogP contribution in [0.4, 0.5) is 13.2 Å². The number of allylic oxidation sites excluding steroid dienone is 1. The van der Waals surface area contributed by atoms with Gasteiger partial charge in [-0.25, -0.2) is 0 Å². The van der Waals surface area contributed by atoms with Crippen molar-refractivity contribution >= 4 is 11.8 Å². The van der Waals surface area contributed by atoms with Crippen LogP contribution in [0.1, 0.15) is 19.3 Å². The molecule has 2 aliphatic heterocycles. The van der Waals surface area contributed by atoms with Crippen LogP contribution in [-0.4, -0.2) is 60.9 Å². The number of alkyl halides is 3. The normalized spacial score (nSPS) is 23.3. The molecule has 1 atom stereocenters. The third-order valence-electron chi connectivity index (χ3n) is 3.85. The first kappa shape index (κ1) is 17.6. The third kappa shape index (κ3) is 4.85. The summed E-state index contributed by atoms with van der Waals surface area (Å²) < 4.78 is 46.6. The number of rotatable bonds is 4. The molecule has 1 unspecified atom stereocenters. The van der Waals surface area contributed by atoms with Crippen LogP contribution < -0.4 is 0 Å². The van der Waals surface area contributed by atoms with E-state index in [0.29, 0.717) is 25.9 Å². The summed E-state index contributed by atoms with van der Waals surface area (Å²) in [7, 11) is 1.62. The topological polar surface area (TPSA) is 71.4 Å². The molecule has 9 heteroatoms. The highest BCUT2D eigenvalue weighted by atomic mass is 19.4. The Morgan fingerprint density at radius 3 is 2.61 bits per heavy atom. The number of carboxylic acid groups (broad SMARTS) is 1. The Bertz CT molecular complexity index is 497. The zero-order valence-corrected chi connectivity index (χ0v) is 12.7. The molecular weight excluding hydrogens is 317 g/mol. The Labute approximate surface area is 131 Å². The van der Waals surface area contributed by atoms with Gasteiger partial charge >= 0.3 is 12.1 Å². The van der Waals surface area contributed by atoms with Gasteiger partial charge in [-0.05, 0) is 25.3 Å². The van der Waals surface area contributed by atoms with Gasteiger partial charge in [-0.2, -0.15) is 18.2 Å². The van der Waals surface area contributed by atoms with Gasteiger partial charge in [0.05, 0.1) is 6.10 Å². The number of amidine groups is 1. The van der Waals surface area contributed by atoms with Crippen LogP contribution in [0.2, 0.25) is 0 Å². The minimum Gasteiger partial charge on any atom is -0.481 e. The van der Waals surface area contributed by atoms with E-state index in [-0.39, 0.29) is 24.2 Å². The fourth-order valence-electron chi connectivity index (χ4n) is 2.63. The smallest absolute Gasteiger partial charge is 0.422 e. The lowest BCUT2D eigenvalue weighted by Crippen LogP contribution is -2.46. The van der Waals surface area contributed by atoms with Crippen LogP contribution >= 0.6 is 0 Å². The van der Waals surface area contributed by atoms with Gasteiger partial charge in [0.25, 0.3) is 0 Å². The van der Waals surface area contributed by atoms with Crippen LogP contribution in [0.5, 0.6) is 0 Å². The lowest BCUT2D eigenvalue weighted by Gasteiger charge is -2.36. The molecule has 0 aromatic rings. The standard InChI is InChI=1S/C14H19F3N2O4/c1-22-9-4-6-19(7-5-9)12-10(13(20)21)2-3-11(18-12)23-8-14(15,16)17/h3,9-10H,2,4-8H2,1H3,(H,20,21). The molecule has 1 saturated heterocycles. The lowest BCUT2D eigenvalue weighted by molar-refractivity contribution is -0.165. The molecule has 0 aliphatic carbocycles. The van der Waals surface area contributed by atoms with E-state index in [1.807, 2.05) is 0 Å². The van der Waals surface area contributed by atoms with Gasteiger partial charge in [0, 0.05) is 20.2 Å². The van der Waals surface area contributed by atoms with Gasteiger partial charge in [-0.3, -0.25) is 4.79 Å². The summed E-state index contributed by atoms with van der Waals surface area (Å²) in [6, 6.07) is 0. The maximum Gasteiger partial charge on any atom is 0.422 e. The van der Waals surface area contributed by atoms with Crippen molar-refractivity contribution < 1.29 is 32.5 Å². The molecule has 0 saturated carbocycles.